The molecular formula is C13H15ClN4. The summed E-state index contributed by atoms with van der Waals surface area (Å²) in [5, 5.41) is 0.551. The Kier molecular flexibility index (Phi) is 4.23. The van der Waals surface area contributed by atoms with Gasteiger partial charge in [0.25, 0.3) is 0 Å². The van der Waals surface area contributed by atoms with Crippen LogP contribution in [0.4, 0.5) is 0 Å². The van der Waals surface area contributed by atoms with E-state index in [9.17, 15) is 0 Å². The average molecular weight is 263 g/mol. The molecule has 0 saturated heterocycles. The van der Waals surface area contributed by atoms with Crippen LogP contribution in [0.3, 0.4) is 0 Å². The molecule has 0 radical (unpaired) electrons. The molecule has 1 atom stereocenters. The smallest absolute Gasteiger partial charge is 0.179 e. The summed E-state index contributed by atoms with van der Waals surface area (Å²) in [6.07, 6.45) is 6.96. The summed E-state index contributed by atoms with van der Waals surface area (Å²) >= 11 is 6.04. The van der Waals surface area contributed by atoms with Gasteiger partial charge in [-0.2, -0.15) is 0 Å². The van der Waals surface area contributed by atoms with Crippen molar-refractivity contribution in [3.63, 3.8) is 0 Å². The second kappa shape index (κ2) is 5.89. The summed E-state index contributed by atoms with van der Waals surface area (Å²) in [4.78, 5) is 12.7. The number of nitrogens with zero attached hydrogens (tertiary/aromatic N) is 3. The van der Waals surface area contributed by atoms with Crippen LogP contribution < -0.4 is 5.73 Å². The van der Waals surface area contributed by atoms with Gasteiger partial charge in [0, 0.05) is 24.6 Å². The summed E-state index contributed by atoms with van der Waals surface area (Å²) in [6.45, 7) is 2.06. The van der Waals surface area contributed by atoms with E-state index in [0.29, 0.717) is 16.5 Å². The van der Waals surface area contributed by atoms with Gasteiger partial charge in [-0.25, -0.2) is 9.97 Å². The van der Waals surface area contributed by atoms with Crippen molar-refractivity contribution in [1.29, 1.82) is 0 Å². The highest BCUT2D eigenvalue weighted by Crippen LogP contribution is 2.21. The molecule has 0 aromatic carbocycles. The van der Waals surface area contributed by atoms with Gasteiger partial charge in [-0.15, -0.1) is 0 Å². The molecule has 2 heterocycles. The lowest BCUT2D eigenvalue weighted by Gasteiger charge is -2.08. The van der Waals surface area contributed by atoms with Crippen LogP contribution in [0.25, 0.3) is 11.5 Å². The van der Waals surface area contributed by atoms with E-state index in [0.717, 1.165) is 18.4 Å². The predicted molar refractivity (Wildman–Crippen MR) is 72.2 cm³/mol. The maximum Gasteiger partial charge on any atom is 0.179 e. The van der Waals surface area contributed by atoms with E-state index in [2.05, 4.69) is 21.9 Å². The summed E-state index contributed by atoms with van der Waals surface area (Å²) in [7, 11) is 0. The molecule has 18 heavy (non-hydrogen) atoms. The van der Waals surface area contributed by atoms with Crippen LogP contribution in [0, 0.1) is 0 Å². The van der Waals surface area contributed by atoms with Crippen molar-refractivity contribution in [2.45, 2.75) is 25.8 Å². The van der Waals surface area contributed by atoms with E-state index in [1.807, 2.05) is 0 Å². The van der Waals surface area contributed by atoms with Crippen LogP contribution in [-0.4, -0.2) is 21.0 Å². The first-order chi connectivity index (χ1) is 8.70. The van der Waals surface area contributed by atoms with Crippen molar-refractivity contribution in [1.82, 2.24) is 15.0 Å². The van der Waals surface area contributed by atoms with Crippen molar-refractivity contribution in [3.05, 3.63) is 41.3 Å². The lowest BCUT2D eigenvalue weighted by atomic mass is 10.1. The molecule has 1 unspecified atom stereocenters. The summed E-state index contributed by atoms with van der Waals surface area (Å²) in [5.74, 6) is 0.536. The third-order valence-electron chi connectivity index (χ3n) is 2.70. The molecule has 2 aromatic heterocycles. The molecule has 2 N–H and O–H groups in total. The Bertz CT molecular complexity index is 513. The van der Waals surface area contributed by atoms with E-state index in [4.69, 9.17) is 17.3 Å². The molecule has 2 aromatic rings. The summed E-state index contributed by atoms with van der Waals surface area (Å²) in [6, 6.07) is 3.70. The van der Waals surface area contributed by atoms with Gasteiger partial charge < -0.3 is 5.73 Å². The first-order valence-electron chi connectivity index (χ1n) is 5.88. The molecule has 0 aliphatic rings. The van der Waals surface area contributed by atoms with Gasteiger partial charge in [-0.1, -0.05) is 18.5 Å². The lowest BCUT2D eigenvalue weighted by molar-refractivity contribution is 0.643. The lowest BCUT2D eigenvalue weighted by Crippen LogP contribution is -2.21. The first-order valence-corrected chi connectivity index (χ1v) is 6.26. The number of aromatic nitrogens is 3. The van der Waals surface area contributed by atoms with Gasteiger partial charge in [0.1, 0.15) is 5.69 Å². The van der Waals surface area contributed by atoms with Crippen LogP contribution in [0.5, 0.6) is 0 Å². The number of halogens is 1. The van der Waals surface area contributed by atoms with E-state index < -0.39 is 0 Å². The van der Waals surface area contributed by atoms with Gasteiger partial charge in [0.15, 0.2) is 5.82 Å². The second-order valence-electron chi connectivity index (χ2n) is 4.12. The number of pyridine rings is 1. The van der Waals surface area contributed by atoms with E-state index in [-0.39, 0.29) is 6.04 Å². The number of hydrogen-bond donors (Lipinski definition) is 1. The van der Waals surface area contributed by atoms with Crippen LogP contribution in [-0.2, 0) is 6.42 Å². The Labute approximate surface area is 111 Å². The van der Waals surface area contributed by atoms with Crippen molar-refractivity contribution in [2.75, 3.05) is 0 Å². The number of hydrogen-bond acceptors (Lipinski definition) is 4. The monoisotopic (exact) mass is 262 g/mol. The third kappa shape index (κ3) is 3.03. The maximum atomic E-state index is 6.04. The van der Waals surface area contributed by atoms with Gasteiger partial charge in [-0.05, 0) is 30.5 Å². The zero-order chi connectivity index (χ0) is 13.0. The topological polar surface area (TPSA) is 64.7 Å². The zero-order valence-electron chi connectivity index (χ0n) is 10.2. The largest absolute Gasteiger partial charge is 0.327 e. The van der Waals surface area contributed by atoms with Crippen LogP contribution >= 0.6 is 11.6 Å². The molecule has 0 spiro atoms. The Hall–Kier alpha value is -1.52. The minimum Gasteiger partial charge on any atom is -0.327 e. The summed E-state index contributed by atoms with van der Waals surface area (Å²) < 4.78 is 0. The Morgan fingerprint density at radius 3 is 2.61 bits per heavy atom. The molecule has 2 rings (SSSR count). The van der Waals surface area contributed by atoms with Gasteiger partial charge >= 0.3 is 0 Å². The molecule has 0 bridgehead atoms. The van der Waals surface area contributed by atoms with Crippen molar-refractivity contribution in [3.8, 4) is 11.5 Å². The van der Waals surface area contributed by atoms with E-state index in [1.165, 1.54) is 0 Å². The van der Waals surface area contributed by atoms with Crippen molar-refractivity contribution >= 4 is 11.6 Å². The van der Waals surface area contributed by atoms with Crippen molar-refractivity contribution < 1.29 is 0 Å². The molecule has 0 fully saturated rings. The second-order valence-corrected chi connectivity index (χ2v) is 4.53. The van der Waals surface area contributed by atoms with Gasteiger partial charge in [0.05, 0.1) is 5.02 Å². The average Bonchev–Trinajstić information content (AvgIpc) is 2.40. The predicted octanol–water partition coefficient (Wildman–Crippen LogP) is 2.47. The third-order valence-corrected chi connectivity index (χ3v) is 3.00. The minimum absolute atomic E-state index is 0.151. The van der Waals surface area contributed by atoms with E-state index in [1.54, 1.807) is 30.7 Å². The quantitative estimate of drug-likeness (QED) is 0.919. The SMILES string of the molecule is CCC(N)Cc1cnc(-c2ncccc2Cl)nc1. The summed E-state index contributed by atoms with van der Waals surface area (Å²) in [5.41, 5.74) is 7.52. The van der Waals surface area contributed by atoms with Crippen LogP contribution in [0.15, 0.2) is 30.7 Å². The number of rotatable bonds is 4. The fourth-order valence-electron chi connectivity index (χ4n) is 1.58. The van der Waals surface area contributed by atoms with Gasteiger partial charge in [0.2, 0.25) is 0 Å². The fourth-order valence-corrected chi connectivity index (χ4v) is 1.79. The Morgan fingerprint density at radius 1 is 1.28 bits per heavy atom. The highest BCUT2D eigenvalue weighted by molar-refractivity contribution is 6.32. The van der Waals surface area contributed by atoms with Gasteiger partial charge in [-0.3, -0.25) is 4.98 Å². The highest BCUT2D eigenvalue weighted by Gasteiger charge is 2.08. The maximum absolute atomic E-state index is 6.04. The standard InChI is InChI=1S/C13H15ClN4/c1-2-10(15)6-9-7-17-13(18-8-9)12-11(14)4-3-5-16-12/h3-5,7-8,10H,2,6,15H2,1H3. The van der Waals surface area contributed by atoms with Crippen LogP contribution in [0.1, 0.15) is 18.9 Å². The molecule has 4 nitrogen and oxygen atoms in total. The molecule has 5 heteroatoms. The normalized spacial score (nSPS) is 12.4. The first kappa shape index (κ1) is 12.9. The molecule has 94 valence electrons. The Balaban J connectivity index is 2.20. The molecule has 0 aliphatic heterocycles. The van der Waals surface area contributed by atoms with Crippen LogP contribution in [0.2, 0.25) is 5.02 Å². The minimum atomic E-state index is 0.151. The molecule has 0 amide bonds. The number of nitrogens with two attached hydrogens (primary N) is 1. The highest BCUT2D eigenvalue weighted by atomic mass is 35.5. The molecule has 0 saturated carbocycles. The zero-order valence-corrected chi connectivity index (χ0v) is 10.9. The molecule has 0 aliphatic carbocycles. The van der Waals surface area contributed by atoms with E-state index >= 15 is 0 Å². The Morgan fingerprint density at radius 2 is 2.00 bits per heavy atom. The fraction of sp³-hybridized carbons (Fsp3) is 0.308. The molecular weight excluding hydrogens is 248 g/mol. The van der Waals surface area contributed by atoms with Crippen molar-refractivity contribution in [2.24, 2.45) is 5.73 Å².